The number of hydrogen-bond donors (Lipinski definition) is 2. The van der Waals surface area contributed by atoms with E-state index in [9.17, 15) is 28.1 Å². The average molecular weight is 512 g/mol. The molecule has 2 N–H and O–H groups in total. The Bertz CT molecular complexity index is 1690. The fourth-order valence-electron chi connectivity index (χ4n) is 3.60. The third-order valence-electron chi connectivity index (χ3n) is 5.30. The van der Waals surface area contributed by atoms with E-state index in [0.29, 0.717) is 16.3 Å². The van der Waals surface area contributed by atoms with Crippen molar-refractivity contribution in [2.45, 2.75) is 25.7 Å². The molecule has 4 aromatic rings. The Morgan fingerprint density at radius 3 is 2.64 bits per heavy atom. The van der Waals surface area contributed by atoms with E-state index in [0.717, 1.165) is 12.1 Å². The summed E-state index contributed by atoms with van der Waals surface area (Å²) in [5.74, 6) is -1.40. The number of nitro groups is 1. The molecule has 186 valence electrons. The molecule has 0 aliphatic heterocycles. The van der Waals surface area contributed by atoms with Gasteiger partial charge in [-0.1, -0.05) is 26.0 Å². The SMILES string of the molecule is CCOC(=O)c1cc2cnc3c(=NS(=O)(=O)c4ccccc4[N+](=O)[O-])cc(NC(=O)C(C)C)c([nH]1)c23. The Balaban J connectivity index is 2.03. The van der Waals surface area contributed by atoms with Crippen molar-refractivity contribution in [1.82, 2.24) is 9.97 Å². The summed E-state index contributed by atoms with van der Waals surface area (Å²) in [6.07, 6.45) is 1.43. The van der Waals surface area contributed by atoms with Crippen LogP contribution in [0.3, 0.4) is 0 Å². The molecule has 0 aliphatic rings. The minimum absolute atomic E-state index is 0.107. The van der Waals surface area contributed by atoms with Gasteiger partial charge in [0.05, 0.1) is 28.3 Å². The number of benzene rings is 2. The van der Waals surface area contributed by atoms with Crippen LogP contribution in [-0.4, -0.2) is 41.8 Å². The number of aromatic amines is 1. The van der Waals surface area contributed by atoms with E-state index in [4.69, 9.17) is 4.74 Å². The fraction of sp³-hybridized carbons (Fsp3) is 0.217. The van der Waals surface area contributed by atoms with Crippen LogP contribution in [-0.2, 0) is 19.6 Å². The molecule has 0 atom stereocenters. The van der Waals surface area contributed by atoms with Crippen LogP contribution >= 0.6 is 0 Å². The van der Waals surface area contributed by atoms with Crippen molar-refractivity contribution in [1.29, 1.82) is 0 Å². The Kier molecular flexibility index (Phi) is 6.41. The maximum Gasteiger partial charge on any atom is 0.354 e. The van der Waals surface area contributed by atoms with E-state index in [2.05, 4.69) is 19.7 Å². The van der Waals surface area contributed by atoms with E-state index in [-0.39, 0.29) is 34.8 Å². The summed E-state index contributed by atoms with van der Waals surface area (Å²) in [4.78, 5) is 42.1. The smallest absolute Gasteiger partial charge is 0.354 e. The lowest BCUT2D eigenvalue weighted by molar-refractivity contribution is -0.387. The molecule has 36 heavy (non-hydrogen) atoms. The Morgan fingerprint density at radius 2 is 1.97 bits per heavy atom. The number of para-hydroxylation sites is 1. The van der Waals surface area contributed by atoms with Gasteiger partial charge in [0.2, 0.25) is 5.91 Å². The first kappa shape index (κ1) is 24.7. The topological polar surface area (TPSA) is 174 Å². The number of rotatable bonds is 7. The summed E-state index contributed by atoms with van der Waals surface area (Å²) in [5, 5.41) is 14.9. The van der Waals surface area contributed by atoms with Crippen LogP contribution in [0.25, 0.3) is 21.8 Å². The number of carbonyl (C=O) groups excluding carboxylic acids is 2. The van der Waals surface area contributed by atoms with Crippen molar-refractivity contribution in [3.8, 4) is 0 Å². The van der Waals surface area contributed by atoms with Crippen LogP contribution in [0.5, 0.6) is 0 Å². The molecule has 12 nitrogen and oxygen atoms in total. The van der Waals surface area contributed by atoms with Crippen LogP contribution in [0.2, 0.25) is 0 Å². The number of H-pyrrole nitrogens is 1. The molecular weight excluding hydrogens is 490 g/mol. The van der Waals surface area contributed by atoms with E-state index < -0.39 is 37.4 Å². The summed E-state index contributed by atoms with van der Waals surface area (Å²) >= 11 is 0. The molecule has 1 amide bonds. The van der Waals surface area contributed by atoms with Gasteiger partial charge in [-0.05, 0) is 25.1 Å². The highest BCUT2D eigenvalue weighted by molar-refractivity contribution is 7.90. The number of aromatic nitrogens is 2. The number of esters is 1. The first-order valence-corrected chi connectivity index (χ1v) is 12.3. The molecule has 0 unspecified atom stereocenters. The highest BCUT2D eigenvalue weighted by Crippen LogP contribution is 2.30. The molecular formula is C23H21N5O7S. The van der Waals surface area contributed by atoms with Gasteiger partial charge >= 0.3 is 5.97 Å². The molecule has 0 fully saturated rings. The molecule has 0 bridgehead atoms. The number of anilines is 1. The number of sulfonamides is 1. The third-order valence-corrected chi connectivity index (χ3v) is 6.63. The van der Waals surface area contributed by atoms with Crippen molar-refractivity contribution in [3.63, 3.8) is 0 Å². The van der Waals surface area contributed by atoms with Crippen LogP contribution in [0, 0.1) is 16.0 Å². The van der Waals surface area contributed by atoms with Gasteiger partial charge in [-0.25, -0.2) is 4.79 Å². The fourth-order valence-corrected chi connectivity index (χ4v) is 4.76. The van der Waals surface area contributed by atoms with Gasteiger partial charge < -0.3 is 15.0 Å². The van der Waals surface area contributed by atoms with Crippen molar-refractivity contribution in [2.75, 3.05) is 11.9 Å². The average Bonchev–Trinajstić information content (AvgIpc) is 3.26. The summed E-state index contributed by atoms with van der Waals surface area (Å²) in [6.45, 7) is 5.17. The standard InChI is InChI=1S/C23H21N5O7S/c1-4-35-23(30)16-9-13-11-24-20-15(10-14(21(25-16)19(13)20)26-22(29)12(2)3)27-36(33,34)18-8-6-5-7-17(18)28(31)32/h5-12,25H,4H2,1-3H3,(H,26,29). The minimum Gasteiger partial charge on any atom is -0.461 e. The van der Waals surface area contributed by atoms with Gasteiger partial charge in [0, 0.05) is 29.0 Å². The van der Waals surface area contributed by atoms with E-state index in [1.54, 1.807) is 20.8 Å². The quantitative estimate of drug-likeness (QED) is 0.216. The summed E-state index contributed by atoms with van der Waals surface area (Å²) in [7, 11) is -4.55. The largest absolute Gasteiger partial charge is 0.461 e. The Hall–Kier alpha value is -4.39. The van der Waals surface area contributed by atoms with Gasteiger partial charge in [-0.15, -0.1) is 0 Å². The van der Waals surface area contributed by atoms with Crippen LogP contribution < -0.4 is 10.7 Å². The second-order valence-electron chi connectivity index (χ2n) is 8.09. The summed E-state index contributed by atoms with van der Waals surface area (Å²) < 4.78 is 35.2. The number of ether oxygens (including phenoxy) is 1. The van der Waals surface area contributed by atoms with E-state index in [1.807, 2.05) is 0 Å². The van der Waals surface area contributed by atoms with Gasteiger partial charge in [0.1, 0.15) is 11.1 Å². The number of pyridine rings is 1. The molecule has 4 rings (SSSR count). The number of nitrogens with one attached hydrogen (secondary N) is 2. The first-order valence-electron chi connectivity index (χ1n) is 10.8. The molecule has 0 radical (unpaired) electrons. The molecule has 0 aliphatic carbocycles. The summed E-state index contributed by atoms with van der Waals surface area (Å²) in [5.41, 5.74) is 0.122. The van der Waals surface area contributed by atoms with Gasteiger partial charge in [-0.3, -0.25) is 19.9 Å². The predicted octanol–water partition coefficient (Wildman–Crippen LogP) is 3.12. The molecule has 0 spiro atoms. The lowest BCUT2D eigenvalue weighted by Gasteiger charge is -2.13. The third kappa shape index (κ3) is 4.47. The first-order chi connectivity index (χ1) is 17.0. The number of hydrogen-bond acceptors (Lipinski definition) is 8. The van der Waals surface area contributed by atoms with Crippen molar-refractivity contribution < 1.29 is 27.7 Å². The van der Waals surface area contributed by atoms with Crippen molar-refractivity contribution >= 4 is 55.1 Å². The predicted molar refractivity (Wildman–Crippen MR) is 130 cm³/mol. The second kappa shape index (κ2) is 9.34. The van der Waals surface area contributed by atoms with E-state index in [1.165, 1.54) is 30.5 Å². The normalized spacial score (nSPS) is 12.4. The number of nitro benzene ring substituents is 1. The Morgan fingerprint density at radius 1 is 1.25 bits per heavy atom. The number of nitrogens with zero attached hydrogens (tertiary/aromatic N) is 3. The molecule has 0 saturated heterocycles. The molecule has 13 heteroatoms. The van der Waals surface area contributed by atoms with Gasteiger partial charge in [0.25, 0.3) is 15.7 Å². The van der Waals surface area contributed by atoms with Crippen LogP contribution in [0.15, 0.2) is 51.9 Å². The molecule has 2 aromatic heterocycles. The zero-order valence-electron chi connectivity index (χ0n) is 19.4. The van der Waals surface area contributed by atoms with Crippen LogP contribution in [0.1, 0.15) is 31.3 Å². The maximum atomic E-state index is 13.1. The highest BCUT2D eigenvalue weighted by Gasteiger charge is 2.26. The zero-order chi connectivity index (χ0) is 26.2. The maximum absolute atomic E-state index is 13.1. The molecule has 2 heterocycles. The lowest BCUT2D eigenvalue weighted by atomic mass is 10.1. The van der Waals surface area contributed by atoms with Gasteiger partial charge in [-0.2, -0.15) is 12.8 Å². The van der Waals surface area contributed by atoms with Crippen LogP contribution in [0.4, 0.5) is 11.4 Å². The molecule has 2 aromatic carbocycles. The lowest BCUT2D eigenvalue weighted by Crippen LogP contribution is -2.20. The summed E-state index contributed by atoms with van der Waals surface area (Å²) in [6, 6.07) is 7.65. The zero-order valence-corrected chi connectivity index (χ0v) is 20.3. The second-order valence-corrected chi connectivity index (χ2v) is 9.67. The number of carbonyl (C=O) groups is 2. The molecule has 0 saturated carbocycles. The highest BCUT2D eigenvalue weighted by atomic mass is 32.2. The van der Waals surface area contributed by atoms with Crippen molar-refractivity contribution in [2.24, 2.45) is 10.3 Å². The van der Waals surface area contributed by atoms with Crippen molar-refractivity contribution in [3.05, 3.63) is 63.8 Å². The monoisotopic (exact) mass is 511 g/mol. The number of amides is 1. The van der Waals surface area contributed by atoms with Gasteiger partial charge in [0.15, 0.2) is 4.90 Å². The Labute approximate surface area is 204 Å². The minimum atomic E-state index is -4.55. The van der Waals surface area contributed by atoms with E-state index >= 15 is 0 Å².